The number of halogens is 3. The number of aliphatic carboxylic acids is 1. The molecule has 0 fully saturated rings. The number of benzene rings is 1. The molecule has 0 bridgehead atoms. The third kappa shape index (κ3) is 8.02. The number of fused-ring (bicyclic) bond motifs is 1. The Balaban J connectivity index is 0.000000423. The van der Waals surface area contributed by atoms with Crippen LogP contribution in [0.15, 0.2) is 36.5 Å². The van der Waals surface area contributed by atoms with Crippen LogP contribution in [-0.4, -0.2) is 71.6 Å². The molecule has 3 rings (SSSR count). The third-order valence-corrected chi connectivity index (χ3v) is 4.24. The van der Waals surface area contributed by atoms with E-state index in [9.17, 15) is 18.0 Å². The molecule has 31 heavy (non-hydrogen) atoms. The molecule has 1 aliphatic heterocycles. The van der Waals surface area contributed by atoms with E-state index >= 15 is 0 Å². The van der Waals surface area contributed by atoms with Gasteiger partial charge in [-0.3, -0.25) is 9.48 Å². The zero-order valence-corrected chi connectivity index (χ0v) is 17.2. The number of carbonyl (C=O) groups is 2. The quantitative estimate of drug-likeness (QED) is 0.709. The number of hydrogen-bond acceptors (Lipinski definition) is 5. The number of amides is 1. The molecule has 0 radical (unpaired) electrons. The van der Waals surface area contributed by atoms with Crippen molar-refractivity contribution >= 4 is 11.9 Å². The van der Waals surface area contributed by atoms with E-state index in [-0.39, 0.29) is 12.0 Å². The molecule has 0 saturated heterocycles. The van der Waals surface area contributed by atoms with Crippen molar-refractivity contribution in [3.05, 3.63) is 53.3 Å². The van der Waals surface area contributed by atoms with Crippen LogP contribution in [0.25, 0.3) is 0 Å². The van der Waals surface area contributed by atoms with Gasteiger partial charge in [-0.05, 0) is 31.6 Å². The first-order valence-electron chi connectivity index (χ1n) is 9.49. The molecular formula is C20H25F3N4O4. The number of nitrogens with zero attached hydrogens (tertiary/aromatic N) is 3. The van der Waals surface area contributed by atoms with Crippen LogP contribution >= 0.6 is 0 Å². The van der Waals surface area contributed by atoms with Gasteiger partial charge >= 0.3 is 12.1 Å². The lowest BCUT2D eigenvalue weighted by atomic mass is 10.1. The summed E-state index contributed by atoms with van der Waals surface area (Å²) < 4.78 is 39.5. The molecule has 1 atom stereocenters. The molecule has 2 N–H and O–H groups in total. The second kappa shape index (κ2) is 10.9. The second-order valence-electron chi connectivity index (χ2n) is 7.18. The van der Waals surface area contributed by atoms with Crippen molar-refractivity contribution in [3.8, 4) is 0 Å². The number of hydrogen-bond donors (Lipinski definition) is 2. The average molecular weight is 442 g/mol. The van der Waals surface area contributed by atoms with Crippen molar-refractivity contribution in [1.82, 2.24) is 20.0 Å². The predicted octanol–water partition coefficient (Wildman–Crippen LogP) is 1.86. The van der Waals surface area contributed by atoms with Gasteiger partial charge in [0.1, 0.15) is 6.10 Å². The van der Waals surface area contributed by atoms with Crippen LogP contribution in [0.1, 0.15) is 22.9 Å². The minimum atomic E-state index is -5.08. The summed E-state index contributed by atoms with van der Waals surface area (Å²) in [4.78, 5) is 22.6. The van der Waals surface area contributed by atoms with Crippen LogP contribution in [0, 0.1) is 0 Å². The van der Waals surface area contributed by atoms with Gasteiger partial charge in [0.25, 0.3) is 0 Å². The minimum Gasteiger partial charge on any atom is -0.475 e. The summed E-state index contributed by atoms with van der Waals surface area (Å²) in [5.74, 6) is -2.76. The number of carboxylic acids is 1. The van der Waals surface area contributed by atoms with E-state index in [0.29, 0.717) is 19.7 Å². The molecule has 1 aromatic carbocycles. The van der Waals surface area contributed by atoms with Crippen molar-refractivity contribution in [3.63, 3.8) is 0 Å². The van der Waals surface area contributed by atoms with Gasteiger partial charge in [0, 0.05) is 12.7 Å². The largest absolute Gasteiger partial charge is 0.490 e. The van der Waals surface area contributed by atoms with E-state index in [1.165, 1.54) is 11.1 Å². The average Bonchev–Trinajstić information content (AvgIpc) is 3.09. The van der Waals surface area contributed by atoms with Crippen LogP contribution in [-0.2, 0) is 27.3 Å². The molecule has 0 saturated carbocycles. The van der Waals surface area contributed by atoms with E-state index < -0.39 is 12.1 Å². The summed E-state index contributed by atoms with van der Waals surface area (Å²) in [5, 5.41) is 14.8. The second-order valence-corrected chi connectivity index (χ2v) is 7.18. The molecular weight excluding hydrogens is 417 g/mol. The predicted molar refractivity (Wildman–Crippen MR) is 105 cm³/mol. The van der Waals surface area contributed by atoms with Crippen molar-refractivity contribution < 1.29 is 32.6 Å². The summed E-state index contributed by atoms with van der Waals surface area (Å²) in [7, 11) is 3.75. The van der Waals surface area contributed by atoms with Crippen molar-refractivity contribution in [2.24, 2.45) is 0 Å². The van der Waals surface area contributed by atoms with Gasteiger partial charge < -0.3 is 20.1 Å². The van der Waals surface area contributed by atoms with Gasteiger partial charge in [0.2, 0.25) is 5.91 Å². The summed E-state index contributed by atoms with van der Waals surface area (Å²) in [6.45, 7) is 2.25. The molecule has 2 aromatic rings. The van der Waals surface area contributed by atoms with E-state index in [4.69, 9.17) is 19.7 Å². The van der Waals surface area contributed by atoms with Crippen molar-refractivity contribution in [2.75, 3.05) is 33.8 Å². The molecule has 0 spiro atoms. The Hall–Kier alpha value is -2.92. The minimum absolute atomic E-state index is 0.000517. The number of alkyl halides is 3. The maximum absolute atomic E-state index is 11.8. The first-order valence-corrected chi connectivity index (χ1v) is 9.49. The fraction of sp³-hybridized carbons (Fsp3) is 0.450. The summed E-state index contributed by atoms with van der Waals surface area (Å²) in [6, 6.07) is 10.3. The number of carboxylic acid groups (broad SMARTS) is 1. The van der Waals surface area contributed by atoms with Crippen LogP contribution in [0.4, 0.5) is 13.2 Å². The number of ether oxygens (including phenoxy) is 1. The molecule has 0 aliphatic carbocycles. The van der Waals surface area contributed by atoms with Crippen LogP contribution in [0.2, 0.25) is 0 Å². The van der Waals surface area contributed by atoms with Gasteiger partial charge in [-0.25, -0.2) is 4.79 Å². The molecule has 8 nitrogen and oxygen atoms in total. The Bertz CT molecular complexity index is 869. The molecule has 2 heterocycles. The van der Waals surface area contributed by atoms with Crippen molar-refractivity contribution in [1.29, 1.82) is 0 Å². The normalized spacial score (nSPS) is 15.6. The van der Waals surface area contributed by atoms with Crippen LogP contribution in [0.3, 0.4) is 0 Å². The number of carbonyl (C=O) groups excluding carboxylic acids is 1. The molecule has 170 valence electrons. The summed E-state index contributed by atoms with van der Waals surface area (Å²) in [5.41, 5.74) is 3.38. The lowest BCUT2D eigenvalue weighted by Crippen LogP contribution is -2.37. The third-order valence-electron chi connectivity index (χ3n) is 4.24. The summed E-state index contributed by atoms with van der Waals surface area (Å²) in [6.07, 6.45) is -2.29. The fourth-order valence-electron chi connectivity index (χ4n) is 2.89. The highest BCUT2D eigenvalue weighted by Gasteiger charge is 2.38. The highest BCUT2D eigenvalue weighted by atomic mass is 19.4. The molecule has 1 aromatic heterocycles. The van der Waals surface area contributed by atoms with E-state index in [1.54, 1.807) is 0 Å². The Morgan fingerprint density at radius 2 is 1.94 bits per heavy atom. The molecule has 1 amide bonds. The SMILES string of the molecule is CN(C)CC(=O)NCC1OCCc2cn(Cc3ccccc3)nc21.O=C(O)C(F)(F)F. The van der Waals surface area contributed by atoms with E-state index in [0.717, 1.165) is 18.7 Å². The van der Waals surface area contributed by atoms with E-state index in [1.807, 2.05) is 41.9 Å². The topological polar surface area (TPSA) is 96.7 Å². The van der Waals surface area contributed by atoms with Gasteiger partial charge in [0.15, 0.2) is 0 Å². The Morgan fingerprint density at radius 3 is 2.52 bits per heavy atom. The number of likely N-dealkylation sites (N-methyl/N-ethyl adjacent to an activating group) is 1. The first-order chi connectivity index (χ1) is 14.6. The number of rotatable bonds is 6. The molecule has 1 unspecified atom stereocenters. The van der Waals surface area contributed by atoms with Crippen LogP contribution in [0.5, 0.6) is 0 Å². The van der Waals surface area contributed by atoms with Crippen molar-refractivity contribution in [2.45, 2.75) is 25.2 Å². The number of nitrogens with one attached hydrogen (secondary N) is 1. The Kier molecular flexibility index (Phi) is 8.57. The zero-order valence-electron chi connectivity index (χ0n) is 17.2. The summed E-state index contributed by atoms with van der Waals surface area (Å²) >= 11 is 0. The molecule has 1 aliphatic rings. The van der Waals surface area contributed by atoms with Gasteiger partial charge in [0.05, 0.1) is 25.4 Å². The lowest BCUT2D eigenvalue weighted by Gasteiger charge is -2.22. The Labute approximate surface area is 177 Å². The molecule has 11 heteroatoms. The smallest absolute Gasteiger partial charge is 0.475 e. The van der Waals surface area contributed by atoms with Gasteiger partial charge in [-0.2, -0.15) is 18.3 Å². The van der Waals surface area contributed by atoms with Gasteiger partial charge in [-0.15, -0.1) is 0 Å². The highest BCUT2D eigenvalue weighted by molar-refractivity contribution is 5.78. The van der Waals surface area contributed by atoms with E-state index in [2.05, 4.69) is 23.6 Å². The Morgan fingerprint density at radius 1 is 1.29 bits per heavy atom. The van der Waals surface area contributed by atoms with Gasteiger partial charge in [-0.1, -0.05) is 30.3 Å². The zero-order chi connectivity index (χ0) is 23.0. The lowest BCUT2D eigenvalue weighted by molar-refractivity contribution is -0.192. The number of aromatic nitrogens is 2. The fourth-order valence-corrected chi connectivity index (χ4v) is 2.89. The first kappa shape index (κ1) is 24.4. The van der Waals surface area contributed by atoms with Crippen LogP contribution < -0.4 is 5.32 Å². The maximum atomic E-state index is 11.8. The maximum Gasteiger partial charge on any atom is 0.490 e. The standard InChI is InChI=1S/C18H24N4O2.C2HF3O2/c1-21(2)13-17(23)19-10-16-18-15(8-9-24-16)12-22(20-18)11-14-6-4-3-5-7-14;3-2(4,5)1(6)7/h3-7,12,16H,8-11,13H2,1-2H3,(H,19,23);(H,6,7). The highest BCUT2D eigenvalue weighted by Crippen LogP contribution is 2.25. The monoisotopic (exact) mass is 442 g/mol.